The summed E-state index contributed by atoms with van der Waals surface area (Å²) < 4.78 is 5.24. The third-order valence-corrected chi connectivity index (χ3v) is 3.56. The SMILES string of the molecule is COc1ccccc1C(O)CN1CCCCCC1=O. The Morgan fingerprint density at radius 1 is 1.32 bits per heavy atom. The number of carbonyl (C=O) groups excluding carboxylic acids is 1. The van der Waals surface area contributed by atoms with Gasteiger partial charge in [-0.05, 0) is 18.9 Å². The first-order chi connectivity index (χ1) is 9.22. The van der Waals surface area contributed by atoms with E-state index in [-0.39, 0.29) is 5.91 Å². The fourth-order valence-corrected chi connectivity index (χ4v) is 2.48. The van der Waals surface area contributed by atoms with E-state index < -0.39 is 6.10 Å². The maximum absolute atomic E-state index is 11.9. The molecule has 1 amide bonds. The minimum absolute atomic E-state index is 0.145. The van der Waals surface area contributed by atoms with Gasteiger partial charge in [-0.15, -0.1) is 0 Å². The lowest BCUT2D eigenvalue weighted by molar-refractivity contribution is -0.132. The summed E-state index contributed by atoms with van der Waals surface area (Å²) in [6, 6.07) is 7.39. The Labute approximate surface area is 114 Å². The van der Waals surface area contributed by atoms with Crippen molar-refractivity contribution in [2.24, 2.45) is 0 Å². The molecule has 1 aliphatic rings. The second kappa shape index (κ2) is 6.57. The summed E-state index contributed by atoms with van der Waals surface area (Å²) in [5.74, 6) is 0.809. The minimum Gasteiger partial charge on any atom is -0.496 e. The predicted octanol–water partition coefficient (Wildman–Crippen LogP) is 2.13. The molecule has 1 saturated heterocycles. The monoisotopic (exact) mass is 263 g/mol. The Kier molecular flexibility index (Phi) is 4.80. The molecule has 1 aliphatic heterocycles. The van der Waals surface area contributed by atoms with E-state index in [4.69, 9.17) is 4.74 Å². The zero-order chi connectivity index (χ0) is 13.7. The Morgan fingerprint density at radius 3 is 2.89 bits per heavy atom. The van der Waals surface area contributed by atoms with Crippen molar-refractivity contribution in [3.8, 4) is 5.75 Å². The highest BCUT2D eigenvalue weighted by Gasteiger charge is 2.21. The number of carbonyl (C=O) groups is 1. The molecule has 1 atom stereocenters. The van der Waals surface area contributed by atoms with Crippen LogP contribution < -0.4 is 4.74 Å². The molecule has 0 aliphatic carbocycles. The van der Waals surface area contributed by atoms with Crippen LogP contribution in [0.1, 0.15) is 37.4 Å². The Balaban J connectivity index is 2.07. The molecule has 2 rings (SSSR count). The van der Waals surface area contributed by atoms with Crippen LogP contribution in [0.25, 0.3) is 0 Å². The molecule has 0 aromatic heterocycles. The van der Waals surface area contributed by atoms with Gasteiger partial charge in [0.05, 0.1) is 13.7 Å². The van der Waals surface area contributed by atoms with Crippen LogP contribution in [-0.4, -0.2) is 36.1 Å². The molecular formula is C15H21NO3. The highest BCUT2D eigenvalue weighted by Crippen LogP contribution is 2.26. The molecule has 0 spiro atoms. The summed E-state index contributed by atoms with van der Waals surface area (Å²) in [6.07, 6.45) is 2.97. The number of hydrogen-bond donors (Lipinski definition) is 1. The molecule has 1 unspecified atom stereocenters. The van der Waals surface area contributed by atoms with E-state index in [9.17, 15) is 9.90 Å². The second-order valence-corrected chi connectivity index (χ2v) is 4.91. The van der Waals surface area contributed by atoms with Crippen molar-refractivity contribution in [2.75, 3.05) is 20.2 Å². The van der Waals surface area contributed by atoms with Crippen LogP contribution in [0.2, 0.25) is 0 Å². The van der Waals surface area contributed by atoms with Gasteiger partial charge in [0, 0.05) is 18.5 Å². The minimum atomic E-state index is -0.696. The number of hydrogen-bond acceptors (Lipinski definition) is 3. The van der Waals surface area contributed by atoms with Gasteiger partial charge < -0.3 is 14.7 Å². The van der Waals surface area contributed by atoms with E-state index in [1.165, 1.54) is 0 Å². The summed E-state index contributed by atoms with van der Waals surface area (Å²) in [6.45, 7) is 1.09. The third-order valence-electron chi connectivity index (χ3n) is 3.56. The molecule has 104 valence electrons. The summed E-state index contributed by atoms with van der Waals surface area (Å²) in [4.78, 5) is 13.7. The molecule has 4 nitrogen and oxygen atoms in total. The van der Waals surface area contributed by atoms with Gasteiger partial charge in [-0.2, -0.15) is 0 Å². The number of amides is 1. The number of aliphatic hydroxyl groups is 1. The fourth-order valence-electron chi connectivity index (χ4n) is 2.48. The first kappa shape index (κ1) is 13.9. The normalized spacial score (nSPS) is 18.0. The maximum Gasteiger partial charge on any atom is 0.222 e. The Morgan fingerprint density at radius 2 is 2.11 bits per heavy atom. The van der Waals surface area contributed by atoms with Crippen molar-refractivity contribution >= 4 is 5.91 Å². The van der Waals surface area contributed by atoms with E-state index >= 15 is 0 Å². The number of rotatable bonds is 4. The van der Waals surface area contributed by atoms with Gasteiger partial charge in [-0.25, -0.2) is 0 Å². The average Bonchev–Trinajstić information content (AvgIpc) is 2.64. The van der Waals surface area contributed by atoms with E-state index in [0.717, 1.165) is 31.4 Å². The second-order valence-electron chi connectivity index (χ2n) is 4.91. The molecule has 1 fully saturated rings. The Hall–Kier alpha value is -1.55. The standard InChI is InChI=1S/C15H21NO3/c1-19-14-8-5-4-7-12(14)13(17)11-16-10-6-2-3-9-15(16)18/h4-5,7-8,13,17H,2-3,6,9-11H2,1H3. The Bertz CT molecular complexity index is 433. The summed E-state index contributed by atoms with van der Waals surface area (Å²) in [7, 11) is 1.59. The van der Waals surface area contributed by atoms with Gasteiger partial charge in [-0.1, -0.05) is 24.6 Å². The largest absolute Gasteiger partial charge is 0.496 e. The molecule has 19 heavy (non-hydrogen) atoms. The molecule has 0 bridgehead atoms. The topological polar surface area (TPSA) is 49.8 Å². The number of benzene rings is 1. The van der Waals surface area contributed by atoms with Crippen LogP contribution in [-0.2, 0) is 4.79 Å². The van der Waals surface area contributed by atoms with E-state index in [0.29, 0.717) is 18.7 Å². The van der Waals surface area contributed by atoms with Crippen LogP contribution in [0, 0.1) is 0 Å². The van der Waals surface area contributed by atoms with Crippen LogP contribution in [0.3, 0.4) is 0 Å². The number of methoxy groups -OCH3 is 1. The zero-order valence-corrected chi connectivity index (χ0v) is 11.3. The quantitative estimate of drug-likeness (QED) is 0.905. The van der Waals surface area contributed by atoms with Gasteiger partial charge in [0.2, 0.25) is 5.91 Å². The van der Waals surface area contributed by atoms with Gasteiger partial charge in [0.15, 0.2) is 0 Å². The lowest BCUT2D eigenvalue weighted by Gasteiger charge is -2.24. The van der Waals surface area contributed by atoms with Crippen molar-refractivity contribution in [3.05, 3.63) is 29.8 Å². The van der Waals surface area contributed by atoms with E-state index in [2.05, 4.69) is 0 Å². The van der Waals surface area contributed by atoms with Crippen LogP contribution >= 0.6 is 0 Å². The number of β-amino-alcohol motifs (C(OH)–C–C–N with tert-alkyl or cyclic N) is 1. The van der Waals surface area contributed by atoms with Crippen molar-refractivity contribution in [1.29, 1.82) is 0 Å². The molecule has 1 aromatic carbocycles. The molecule has 4 heteroatoms. The van der Waals surface area contributed by atoms with E-state index in [1.807, 2.05) is 24.3 Å². The van der Waals surface area contributed by atoms with Gasteiger partial charge in [0.25, 0.3) is 0 Å². The van der Waals surface area contributed by atoms with E-state index in [1.54, 1.807) is 12.0 Å². The van der Waals surface area contributed by atoms with Crippen LogP contribution in [0.4, 0.5) is 0 Å². The molecule has 0 saturated carbocycles. The number of ether oxygens (including phenoxy) is 1. The molecule has 1 aromatic rings. The highest BCUT2D eigenvalue weighted by atomic mass is 16.5. The molecule has 0 radical (unpaired) electrons. The molecular weight excluding hydrogens is 242 g/mol. The molecule has 1 N–H and O–H groups in total. The van der Waals surface area contributed by atoms with Gasteiger partial charge in [0.1, 0.15) is 11.9 Å². The smallest absolute Gasteiger partial charge is 0.222 e. The number of aliphatic hydroxyl groups excluding tert-OH is 1. The number of nitrogens with zero attached hydrogens (tertiary/aromatic N) is 1. The van der Waals surface area contributed by atoms with Crippen molar-refractivity contribution in [1.82, 2.24) is 4.90 Å². The first-order valence-corrected chi connectivity index (χ1v) is 6.81. The summed E-state index contributed by atoms with van der Waals surface area (Å²) in [5.41, 5.74) is 0.738. The fraction of sp³-hybridized carbons (Fsp3) is 0.533. The maximum atomic E-state index is 11.9. The molecule has 1 heterocycles. The lowest BCUT2D eigenvalue weighted by atomic mass is 10.1. The van der Waals surface area contributed by atoms with Gasteiger partial charge in [-0.3, -0.25) is 4.79 Å². The predicted molar refractivity (Wildman–Crippen MR) is 73.0 cm³/mol. The zero-order valence-electron chi connectivity index (χ0n) is 11.3. The van der Waals surface area contributed by atoms with Crippen molar-refractivity contribution in [3.63, 3.8) is 0 Å². The highest BCUT2D eigenvalue weighted by molar-refractivity contribution is 5.76. The number of para-hydroxylation sites is 1. The van der Waals surface area contributed by atoms with Crippen LogP contribution in [0.5, 0.6) is 5.75 Å². The summed E-state index contributed by atoms with van der Waals surface area (Å²) in [5, 5.41) is 10.3. The van der Waals surface area contributed by atoms with Crippen molar-refractivity contribution < 1.29 is 14.6 Å². The summed E-state index contributed by atoms with van der Waals surface area (Å²) >= 11 is 0. The van der Waals surface area contributed by atoms with Crippen molar-refractivity contribution in [2.45, 2.75) is 31.8 Å². The first-order valence-electron chi connectivity index (χ1n) is 6.81. The lowest BCUT2D eigenvalue weighted by Crippen LogP contribution is -2.34. The average molecular weight is 263 g/mol. The van der Waals surface area contributed by atoms with Gasteiger partial charge >= 0.3 is 0 Å². The number of likely N-dealkylation sites (tertiary alicyclic amines) is 1. The third kappa shape index (κ3) is 3.47. The van der Waals surface area contributed by atoms with Crippen LogP contribution in [0.15, 0.2) is 24.3 Å².